The van der Waals surface area contributed by atoms with E-state index in [0.717, 1.165) is 35.8 Å². The van der Waals surface area contributed by atoms with E-state index in [1.54, 1.807) is 14.2 Å². The summed E-state index contributed by atoms with van der Waals surface area (Å²) in [7, 11) is 5.08. The topological polar surface area (TPSA) is 63.7 Å². The maximum Gasteiger partial charge on any atom is 0.265 e. The molecular weight excluding hydrogens is 338 g/mol. The van der Waals surface area contributed by atoms with Crippen LogP contribution in [-0.4, -0.2) is 56.2 Å². The Morgan fingerprint density at radius 2 is 2.08 bits per heavy atom. The number of hydrogen-bond donors (Lipinski definition) is 1. The maximum atomic E-state index is 12.8. The minimum Gasteiger partial charge on any atom is -0.493 e. The molecule has 1 aromatic heterocycles. The van der Waals surface area contributed by atoms with Crippen molar-refractivity contribution < 1.29 is 14.3 Å². The smallest absolute Gasteiger partial charge is 0.265 e. The van der Waals surface area contributed by atoms with E-state index in [1.807, 2.05) is 37.1 Å². The summed E-state index contributed by atoms with van der Waals surface area (Å²) in [4.78, 5) is 20.0. The first-order valence-corrected chi connectivity index (χ1v) is 9.04. The summed E-state index contributed by atoms with van der Waals surface area (Å²) < 4.78 is 10.6. The highest BCUT2D eigenvalue weighted by molar-refractivity contribution is 7.17. The lowest BCUT2D eigenvalue weighted by Crippen LogP contribution is -2.38. The molecule has 0 radical (unpaired) electrons. The largest absolute Gasteiger partial charge is 0.493 e. The molecule has 0 saturated carbocycles. The van der Waals surface area contributed by atoms with Crippen molar-refractivity contribution in [2.24, 2.45) is 0 Å². The van der Waals surface area contributed by atoms with Crippen LogP contribution in [0, 0.1) is 6.92 Å². The minimum absolute atomic E-state index is 0.0374. The zero-order chi connectivity index (χ0) is 18.0. The Labute approximate surface area is 151 Å². The Kier molecular flexibility index (Phi) is 5.24. The monoisotopic (exact) mass is 361 g/mol. The third-order valence-corrected chi connectivity index (χ3v) is 5.72. The molecule has 1 aliphatic rings. The zero-order valence-corrected chi connectivity index (χ0v) is 15.8. The molecule has 1 saturated heterocycles. The van der Waals surface area contributed by atoms with Crippen LogP contribution in [0.1, 0.15) is 21.8 Å². The second-order valence-electron chi connectivity index (χ2n) is 6.07. The highest BCUT2D eigenvalue weighted by Crippen LogP contribution is 2.35. The number of carbonyl (C=O) groups excluding carboxylic acids is 1. The summed E-state index contributed by atoms with van der Waals surface area (Å²) in [6, 6.07) is 5.91. The molecule has 25 heavy (non-hydrogen) atoms. The molecule has 0 bridgehead atoms. The first kappa shape index (κ1) is 17.7. The number of methoxy groups -OCH3 is 2. The number of carbonyl (C=O) groups is 1. The molecule has 1 fully saturated rings. The van der Waals surface area contributed by atoms with Crippen molar-refractivity contribution in [1.29, 1.82) is 0 Å². The van der Waals surface area contributed by atoms with Crippen LogP contribution in [0.3, 0.4) is 0 Å². The lowest BCUT2D eigenvalue weighted by molar-refractivity contribution is 0.0747. The van der Waals surface area contributed by atoms with E-state index in [0.29, 0.717) is 16.4 Å². The van der Waals surface area contributed by atoms with Gasteiger partial charge in [-0.3, -0.25) is 4.79 Å². The van der Waals surface area contributed by atoms with E-state index in [4.69, 9.17) is 9.47 Å². The molecular formula is C18H23N3O3S. The lowest BCUT2D eigenvalue weighted by Gasteiger charge is -2.23. The maximum absolute atomic E-state index is 12.8. The number of nitrogens with zero attached hydrogens (tertiary/aromatic N) is 2. The van der Waals surface area contributed by atoms with Crippen LogP contribution in [0.2, 0.25) is 0 Å². The summed E-state index contributed by atoms with van der Waals surface area (Å²) in [5.41, 5.74) is 1.67. The standard InChI is InChI=1S/C18H23N3O3S/c1-11-16(18(22)21(2)13-7-8-19-10-13)25-17(20-11)12-5-6-14(23-3)15(9-12)24-4/h5-6,9,13,19H,7-8,10H2,1-4H3. The molecule has 0 aliphatic carbocycles. The van der Waals surface area contributed by atoms with Crippen molar-refractivity contribution in [3.8, 4) is 22.1 Å². The third-order valence-electron chi connectivity index (χ3n) is 4.52. The van der Waals surface area contributed by atoms with Crippen molar-refractivity contribution in [2.45, 2.75) is 19.4 Å². The molecule has 7 heteroatoms. The molecule has 2 aromatic rings. The van der Waals surface area contributed by atoms with Crippen molar-refractivity contribution in [2.75, 3.05) is 34.4 Å². The van der Waals surface area contributed by atoms with Gasteiger partial charge in [0.2, 0.25) is 0 Å². The van der Waals surface area contributed by atoms with Crippen LogP contribution in [-0.2, 0) is 0 Å². The number of benzene rings is 1. The number of ether oxygens (including phenoxy) is 2. The number of amides is 1. The van der Waals surface area contributed by atoms with E-state index in [-0.39, 0.29) is 11.9 Å². The van der Waals surface area contributed by atoms with Gasteiger partial charge < -0.3 is 19.7 Å². The van der Waals surface area contributed by atoms with Gasteiger partial charge >= 0.3 is 0 Å². The van der Waals surface area contributed by atoms with Crippen molar-refractivity contribution in [1.82, 2.24) is 15.2 Å². The first-order chi connectivity index (χ1) is 12.0. The molecule has 1 N–H and O–H groups in total. The van der Waals surface area contributed by atoms with E-state index in [1.165, 1.54) is 11.3 Å². The molecule has 2 heterocycles. The van der Waals surface area contributed by atoms with Crippen molar-refractivity contribution >= 4 is 17.2 Å². The van der Waals surface area contributed by atoms with Crippen LogP contribution in [0.15, 0.2) is 18.2 Å². The molecule has 1 amide bonds. The molecule has 3 rings (SSSR count). The van der Waals surface area contributed by atoms with Gasteiger partial charge in [-0.1, -0.05) is 0 Å². The van der Waals surface area contributed by atoms with Crippen LogP contribution < -0.4 is 14.8 Å². The van der Waals surface area contributed by atoms with Gasteiger partial charge in [0.15, 0.2) is 11.5 Å². The van der Waals surface area contributed by atoms with E-state index >= 15 is 0 Å². The Hall–Kier alpha value is -2.12. The van der Waals surface area contributed by atoms with Gasteiger partial charge in [0.1, 0.15) is 9.88 Å². The van der Waals surface area contributed by atoms with Crippen LogP contribution >= 0.6 is 11.3 Å². The van der Waals surface area contributed by atoms with Gasteiger partial charge in [-0.15, -0.1) is 11.3 Å². The number of nitrogens with one attached hydrogen (secondary N) is 1. The van der Waals surface area contributed by atoms with Crippen molar-refractivity contribution in [3.63, 3.8) is 0 Å². The summed E-state index contributed by atoms with van der Waals surface area (Å²) in [6.07, 6.45) is 0.989. The fraction of sp³-hybridized carbons (Fsp3) is 0.444. The fourth-order valence-electron chi connectivity index (χ4n) is 2.98. The quantitative estimate of drug-likeness (QED) is 0.887. The number of aryl methyl sites for hydroxylation is 1. The third kappa shape index (κ3) is 3.48. The summed E-state index contributed by atoms with van der Waals surface area (Å²) >= 11 is 1.42. The van der Waals surface area contributed by atoms with Crippen LogP contribution in [0.5, 0.6) is 11.5 Å². The molecule has 0 spiro atoms. The van der Waals surface area contributed by atoms with Gasteiger partial charge in [-0.05, 0) is 38.1 Å². The fourth-order valence-corrected chi connectivity index (χ4v) is 4.03. The molecule has 1 atom stereocenters. The average Bonchev–Trinajstić information content (AvgIpc) is 3.29. The number of thiazole rings is 1. The summed E-state index contributed by atoms with van der Waals surface area (Å²) in [6.45, 7) is 3.69. The SMILES string of the molecule is COc1ccc(-c2nc(C)c(C(=O)N(C)C3CCNC3)s2)cc1OC. The Morgan fingerprint density at radius 3 is 2.72 bits per heavy atom. The van der Waals surface area contributed by atoms with Gasteiger partial charge in [0, 0.05) is 25.2 Å². The number of hydrogen-bond acceptors (Lipinski definition) is 6. The highest BCUT2D eigenvalue weighted by atomic mass is 32.1. The molecule has 1 unspecified atom stereocenters. The predicted octanol–water partition coefficient (Wildman–Crippen LogP) is 2.57. The first-order valence-electron chi connectivity index (χ1n) is 8.22. The predicted molar refractivity (Wildman–Crippen MR) is 98.8 cm³/mol. The van der Waals surface area contributed by atoms with Gasteiger partial charge in [-0.25, -0.2) is 4.98 Å². The number of aromatic nitrogens is 1. The lowest BCUT2D eigenvalue weighted by atomic mass is 10.2. The van der Waals surface area contributed by atoms with Gasteiger partial charge in [0.25, 0.3) is 5.91 Å². The number of likely N-dealkylation sites (N-methyl/N-ethyl adjacent to an activating group) is 1. The molecule has 1 aliphatic heterocycles. The van der Waals surface area contributed by atoms with Crippen molar-refractivity contribution in [3.05, 3.63) is 28.8 Å². The molecule has 1 aromatic carbocycles. The molecule has 6 nitrogen and oxygen atoms in total. The minimum atomic E-state index is 0.0374. The average molecular weight is 361 g/mol. The Balaban J connectivity index is 1.88. The van der Waals surface area contributed by atoms with Gasteiger partial charge in [-0.2, -0.15) is 0 Å². The highest BCUT2D eigenvalue weighted by Gasteiger charge is 2.27. The van der Waals surface area contributed by atoms with Crippen LogP contribution in [0.25, 0.3) is 10.6 Å². The summed E-state index contributed by atoms with van der Waals surface area (Å²) in [5, 5.41) is 4.10. The Morgan fingerprint density at radius 1 is 1.32 bits per heavy atom. The van der Waals surface area contributed by atoms with Gasteiger partial charge in [0.05, 0.1) is 19.9 Å². The van der Waals surface area contributed by atoms with E-state index in [2.05, 4.69) is 10.3 Å². The normalized spacial score (nSPS) is 16.7. The second kappa shape index (κ2) is 7.41. The number of rotatable bonds is 5. The van der Waals surface area contributed by atoms with Crippen LogP contribution in [0.4, 0.5) is 0 Å². The molecule has 134 valence electrons. The Bertz CT molecular complexity index is 769. The van der Waals surface area contributed by atoms with E-state index < -0.39 is 0 Å². The zero-order valence-electron chi connectivity index (χ0n) is 15.0. The second-order valence-corrected chi connectivity index (χ2v) is 7.07. The van der Waals surface area contributed by atoms with E-state index in [9.17, 15) is 4.79 Å². The summed E-state index contributed by atoms with van der Waals surface area (Å²) in [5.74, 6) is 1.36.